The molecule has 0 saturated carbocycles. The van der Waals surface area contributed by atoms with Gasteiger partial charge in [-0.15, -0.1) is 0 Å². The fraction of sp³-hybridized carbons (Fsp3) is 0.105. The predicted octanol–water partition coefficient (Wildman–Crippen LogP) is 4.41. The van der Waals surface area contributed by atoms with Crippen molar-refractivity contribution in [2.24, 2.45) is 0 Å². The molecule has 0 saturated heterocycles. The third-order valence-electron chi connectivity index (χ3n) is 4.54. The van der Waals surface area contributed by atoms with E-state index < -0.39 is 91.8 Å². The second-order valence-corrected chi connectivity index (χ2v) is 6.37. The largest absolute Gasteiger partial charge is 0.493 e. The number of ketones is 1. The summed E-state index contributed by atoms with van der Waals surface area (Å²) in [6.07, 6.45) is 0. The minimum absolute atomic E-state index is 0. The first-order valence-corrected chi connectivity index (χ1v) is 8.28. The molecule has 3 aromatic rings. The average molecular weight is 525 g/mol. The zero-order chi connectivity index (χ0) is 24.2. The van der Waals surface area contributed by atoms with E-state index in [-0.39, 0.29) is 21.8 Å². The first-order chi connectivity index (χ1) is 14.9. The molecule has 0 amide bonds. The van der Waals surface area contributed by atoms with Crippen molar-refractivity contribution < 1.29 is 62.1 Å². The number of hydrogen-bond donors (Lipinski definition) is 1. The summed E-state index contributed by atoms with van der Waals surface area (Å²) in [7, 11) is 0. The Morgan fingerprint density at radius 3 is 1.82 bits per heavy atom. The van der Waals surface area contributed by atoms with Gasteiger partial charge in [0.05, 0.1) is 11.3 Å². The van der Waals surface area contributed by atoms with Crippen LogP contribution >= 0.6 is 0 Å². The summed E-state index contributed by atoms with van der Waals surface area (Å²) in [6, 6.07) is 0.897. The zero-order valence-corrected chi connectivity index (χ0v) is 17.0. The number of nitrogens with zero attached hydrogens (tertiary/aromatic N) is 3. The second kappa shape index (κ2) is 8.84. The Hall–Kier alpha value is -3.43. The van der Waals surface area contributed by atoms with Crippen molar-refractivity contribution in [1.29, 1.82) is 5.26 Å². The molecule has 177 valence electrons. The van der Waals surface area contributed by atoms with Crippen molar-refractivity contribution in [2.45, 2.75) is 13.8 Å². The molecule has 0 unspecified atom stereocenters. The van der Waals surface area contributed by atoms with E-state index in [0.29, 0.717) is 6.92 Å². The van der Waals surface area contributed by atoms with E-state index in [4.69, 9.17) is 5.26 Å². The van der Waals surface area contributed by atoms with Crippen molar-refractivity contribution in [3.05, 3.63) is 74.5 Å². The first kappa shape index (κ1) is 25.8. The molecule has 1 N–H and O–H groups in total. The van der Waals surface area contributed by atoms with E-state index in [1.54, 1.807) is 0 Å². The third kappa shape index (κ3) is 3.63. The summed E-state index contributed by atoms with van der Waals surface area (Å²) in [5.41, 5.74) is -7.83. The van der Waals surface area contributed by atoms with Gasteiger partial charge in [0.25, 0.3) is 0 Å². The quantitative estimate of drug-likeness (QED) is 0.181. The maximum atomic E-state index is 14.3. The van der Waals surface area contributed by atoms with Crippen molar-refractivity contribution >= 4 is 5.78 Å². The molecule has 5 nitrogen and oxygen atoms in total. The summed E-state index contributed by atoms with van der Waals surface area (Å²) in [6.45, 7) is 1.59. The Bertz CT molecular complexity index is 1320. The Morgan fingerprint density at radius 2 is 1.33 bits per heavy atom. The first-order valence-electron chi connectivity index (χ1n) is 8.28. The SMILES string of the molecule is Cc1nn(-c2c(F)c(F)c(C#N)c(F)c2F)c(O)c1C(=O)c1c(F)c(C)c(F)c(F)c1F.[Cu]. The van der Waals surface area contributed by atoms with Gasteiger partial charge in [-0.25, -0.2) is 35.1 Å². The van der Waals surface area contributed by atoms with E-state index in [9.17, 15) is 45.0 Å². The van der Waals surface area contributed by atoms with Crippen LogP contribution in [0.3, 0.4) is 0 Å². The zero-order valence-electron chi connectivity index (χ0n) is 16.0. The molecule has 0 aliphatic heterocycles. The number of aromatic hydroxyl groups is 1. The molecule has 1 heterocycles. The van der Waals surface area contributed by atoms with E-state index >= 15 is 0 Å². The molecule has 1 aromatic heterocycles. The molecule has 0 fully saturated rings. The van der Waals surface area contributed by atoms with E-state index in [1.165, 1.54) is 0 Å². The van der Waals surface area contributed by atoms with Gasteiger partial charge in [0.2, 0.25) is 11.7 Å². The number of carbonyl (C=O) groups is 1. The van der Waals surface area contributed by atoms with Crippen molar-refractivity contribution in [3.8, 4) is 17.6 Å². The standard InChI is InChI=1S/C19H7F8N3O2.Cu/c1-4-9(20)8(13(24)14(25)10(4)21)18(31)7-5(2)29-30(19(7)32)17-15(26)11(22)6(3-28)12(23)16(17)27;/h32H,1-2H3;. The summed E-state index contributed by atoms with van der Waals surface area (Å²) >= 11 is 0. The van der Waals surface area contributed by atoms with Crippen molar-refractivity contribution in [2.75, 3.05) is 0 Å². The fourth-order valence-corrected chi connectivity index (χ4v) is 2.92. The molecule has 0 aliphatic rings. The van der Waals surface area contributed by atoms with Crippen LogP contribution in [0.4, 0.5) is 35.1 Å². The molecule has 1 radical (unpaired) electrons. The molecule has 2 aromatic carbocycles. The minimum atomic E-state index is -2.25. The smallest absolute Gasteiger partial charge is 0.226 e. The average Bonchev–Trinajstić information content (AvgIpc) is 3.03. The van der Waals surface area contributed by atoms with Gasteiger partial charge in [0, 0.05) is 22.6 Å². The third-order valence-corrected chi connectivity index (χ3v) is 4.54. The molecule has 14 heteroatoms. The number of aromatic nitrogens is 2. The van der Waals surface area contributed by atoms with Gasteiger partial charge in [-0.2, -0.15) is 15.0 Å². The number of nitriles is 1. The number of benzene rings is 2. The van der Waals surface area contributed by atoms with Gasteiger partial charge in [0.15, 0.2) is 40.7 Å². The van der Waals surface area contributed by atoms with Crippen molar-refractivity contribution in [3.63, 3.8) is 0 Å². The normalized spacial score (nSPS) is 10.7. The molecule has 0 aliphatic carbocycles. The maximum Gasteiger partial charge on any atom is 0.226 e. The fourth-order valence-electron chi connectivity index (χ4n) is 2.92. The van der Waals surface area contributed by atoms with Crippen LogP contribution in [0.1, 0.15) is 32.7 Å². The second-order valence-electron chi connectivity index (χ2n) is 6.37. The van der Waals surface area contributed by atoms with E-state index in [1.807, 2.05) is 0 Å². The monoisotopic (exact) mass is 524 g/mol. The van der Waals surface area contributed by atoms with Gasteiger partial charge < -0.3 is 5.11 Å². The van der Waals surface area contributed by atoms with Crippen LogP contribution in [-0.4, -0.2) is 20.7 Å². The Labute approximate surface area is 189 Å². The van der Waals surface area contributed by atoms with Crippen LogP contribution in [0.15, 0.2) is 0 Å². The van der Waals surface area contributed by atoms with Gasteiger partial charge in [0.1, 0.15) is 28.7 Å². The number of halogens is 8. The van der Waals surface area contributed by atoms with Crippen LogP contribution in [0.2, 0.25) is 0 Å². The van der Waals surface area contributed by atoms with Crippen LogP contribution in [-0.2, 0) is 17.1 Å². The van der Waals surface area contributed by atoms with Crippen LogP contribution in [0, 0.1) is 71.7 Å². The van der Waals surface area contributed by atoms with Gasteiger partial charge >= 0.3 is 0 Å². The number of carbonyl (C=O) groups excluding carboxylic acids is 1. The number of aryl methyl sites for hydroxylation is 1. The minimum Gasteiger partial charge on any atom is -0.493 e. The summed E-state index contributed by atoms with van der Waals surface area (Å²) in [5, 5.41) is 22.2. The Balaban J connectivity index is 0.00000385. The van der Waals surface area contributed by atoms with Crippen molar-refractivity contribution in [1.82, 2.24) is 9.78 Å². The predicted molar refractivity (Wildman–Crippen MR) is 89.0 cm³/mol. The number of rotatable bonds is 3. The Morgan fingerprint density at radius 1 is 0.818 bits per heavy atom. The summed E-state index contributed by atoms with van der Waals surface area (Å²) < 4.78 is 112. The Kier molecular flexibility index (Phi) is 6.92. The van der Waals surface area contributed by atoms with Gasteiger partial charge in [-0.05, 0) is 13.8 Å². The topological polar surface area (TPSA) is 78.9 Å². The van der Waals surface area contributed by atoms with Gasteiger partial charge in [-0.3, -0.25) is 4.79 Å². The van der Waals surface area contributed by atoms with Gasteiger partial charge in [-0.1, -0.05) is 0 Å². The maximum absolute atomic E-state index is 14.3. The molecule has 3 rings (SSSR count). The van der Waals surface area contributed by atoms with Crippen LogP contribution < -0.4 is 0 Å². The molecule has 0 spiro atoms. The van der Waals surface area contributed by atoms with E-state index in [2.05, 4.69) is 5.10 Å². The molecular formula is C19H7CuF8N3O2. The molecule has 0 bridgehead atoms. The molecule has 0 atom stereocenters. The van der Waals surface area contributed by atoms with Crippen LogP contribution in [0.5, 0.6) is 5.88 Å². The molecule has 33 heavy (non-hydrogen) atoms. The van der Waals surface area contributed by atoms with Crippen LogP contribution in [0.25, 0.3) is 5.69 Å². The summed E-state index contributed by atoms with van der Waals surface area (Å²) in [4.78, 5) is 12.6. The summed E-state index contributed by atoms with van der Waals surface area (Å²) in [5.74, 6) is -20.2. The number of hydrogen-bond acceptors (Lipinski definition) is 4. The van der Waals surface area contributed by atoms with E-state index in [0.717, 1.165) is 13.0 Å². The molecular weight excluding hydrogens is 518 g/mol.